The Hall–Kier alpha value is -3.64. The maximum atomic E-state index is 2.52. The predicted octanol–water partition coefficient (Wildman–Crippen LogP) is 10.6. The molecule has 0 spiro atoms. The summed E-state index contributed by atoms with van der Waals surface area (Å²) in [5.41, 5.74) is 15.4. The van der Waals surface area contributed by atoms with Crippen LogP contribution < -0.4 is 0 Å². The average Bonchev–Trinajstić information content (AvgIpc) is 3.52. The minimum absolute atomic E-state index is 0.0312. The van der Waals surface area contributed by atoms with Crippen molar-refractivity contribution in [2.75, 3.05) is 0 Å². The van der Waals surface area contributed by atoms with E-state index in [9.17, 15) is 0 Å². The van der Waals surface area contributed by atoms with Gasteiger partial charge in [-0.1, -0.05) is 126 Å². The highest BCUT2D eigenvalue weighted by Crippen LogP contribution is 2.54. The zero-order valence-corrected chi connectivity index (χ0v) is 23.6. The molecule has 0 unspecified atom stereocenters. The predicted molar refractivity (Wildman–Crippen MR) is 164 cm³/mol. The standard InChI is InChI=1S/C38H38/c1-37(2,3)34-23-30-31-24-35(38(4,5)6)29(26-17-11-8-12-18-26)22-33(31)36(27-19-13-14-20-27)32(30)21-28(34)25-15-9-7-10-16-25/h7-19,21-24,36H,20H2,1-6H3. The first kappa shape index (κ1) is 24.7. The molecule has 0 N–H and O–H groups in total. The molecule has 0 saturated carbocycles. The highest BCUT2D eigenvalue weighted by atomic mass is 14.4. The summed E-state index contributed by atoms with van der Waals surface area (Å²) in [4.78, 5) is 0. The quantitative estimate of drug-likeness (QED) is 0.266. The molecular formula is C38H38. The third kappa shape index (κ3) is 4.17. The number of benzene rings is 4. The monoisotopic (exact) mass is 494 g/mol. The van der Waals surface area contributed by atoms with Gasteiger partial charge in [0.25, 0.3) is 0 Å². The second-order valence-electron chi connectivity index (χ2n) is 13.0. The van der Waals surface area contributed by atoms with Crippen molar-refractivity contribution in [2.24, 2.45) is 0 Å². The van der Waals surface area contributed by atoms with Crippen LogP contribution in [0.4, 0.5) is 0 Å². The number of rotatable bonds is 3. The summed E-state index contributed by atoms with van der Waals surface area (Å²) in [7, 11) is 0. The molecule has 0 fully saturated rings. The number of hydrogen-bond donors (Lipinski definition) is 0. The Morgan fingerprint density at radius 2 is 1.00 bits per heavy atom. The largest absolute Gasteiger partial charge is 0.0804 e. The van der Waals surface area contributed by atoms with Crippen LogP contribution in [0.3, 0.4) is 0 Å². The fourth-order valence-corrected chi connectivity index (χ4v) is 6.38. The molecule has 0 heterocycles. The fourth-order valence-electron chi connectivity index (χ4n) is 6.38. The van der Waals surface area contributed by atoms with Gasteiger partial charge >= 0.3 is 0 Å². The molecule has 0 heteroatoms. The summed E-state index contributed by atoms with van der Waals surface area (Å²) in [6.07, 6.45) is 7.91. The maximum absolute atomic E-state index is 2.52. The van der Waals surface area contributed by atoms with Gasteiger partial charge in [0.15, 0.2) is 0 Å². The Morgan fingerprint density at radius 1 is 0.553 bits per heavy atom. The lowest BCUT2D eigenvalue weighted by atomic mass is 9.78. The molecule has 2 aliphatic carbocycles. The van der Waals surface area contributed by atoms with Crippen molar-refractivity contribution >= 4 is 0 Å². The molecule has 0 bridgehead atoms. The van der Waals surface area contributed by atoms with Crippen LogP contribution in [0.15, 0.2) is 109 Å². The summed E-state index contributed by atoms with van der Waals surface area (Å²) in [6, 6.07) is 32.0. The van der Waals surface area contributed by atoms with Crippen LogP contribution in [0.5, 0.6) is 0 Å². The molecule has 0 nitrogen and oxygen atoms in total. The van der Waals surface area contributed by atoms with E-state index in [1.165, 1.54) is 61.2 Å². The second kappa shape index (κ2) is 8.98. The van der Waals surface area contributed by atoms with Crippen molar-refractivity contribution in [1.29, 1.82) is 0 Å². The zero-order chi connectivity index (χ0) is 26.7. The molecule has 38 heavy (non-hydrogen) atoms. The number of fused-ring (bicyclic) bond motifs is 3. The lowest BCUT2D eigenvalue weighted by Gasteiger charge is -2.26. The van der Waals surface area contributed by atoms with E-state index >= 15 is 0 Å². The van der Waals surface area contributed by atoms with Gasteiger partial charge in [-0.25, -0.2) is 0 Å². The van der Waals surface area contributed by atoms with E-state index in [1.807, 2.05) is 0 Å². The van der Waals surface area contributed by atoms with E-state index in [1.54, 1.807) is 0 Å². The summed E-state index contributed by atoms with van der Waals surface area (Å²) < 4.78 is 0. The van der Waals surface area contributed by atoms with Crippen LogP contribution in [-0.4, -0.2) is 0 Å². The van der Waals surface area contributed by atoms with Crippen LogP contribution in [-0.2, 0) is 10.8 Å². The van der Waals surface area contributed by atoms with Gasteiger partial charge in [-0.15, -0.1) is 0 Å². The van der Waals surface area contributed by atoms with Gasteiger partial charge < -0.3 is 0 Å². The van der Waals surface area contributed by atoms with Crippen LogP contribution in [0.25, 0.3) is 33.4 Å². The van der Waals surface area contributed by atoms with Gasteiger partial charge in [0, 0.05) is 5.92 Å². The van der Waals surface area contributed by atoms with Gasteiger partial charge in [0.2, 0.25) is 0 Å². The Labute approximate surface area is 228 Å². The fraction of sp³-hybridized carbons (Fsp3) is 0.263. The number of allylic oxidation sites excluding steroid dienone is 4. The Balaban J connectivity index is 1.67. The van der Waals surface area contributed by atoms with E-state index < -0.39 is 0 Å². The van der Waals surface area contributed by atoms with Crippen molar-refractivity contribution in [3.63, 3.8) is 0 Å². The minimum Gasteiger partial charge on any atom is -0.0804 e. The highest BCUT2D eigenvalue weighted by Gasteiger charge is 2.36. The summed E-state index contributed by atoms with van der Waals surface area (Å²) in [5.74, 6) is 0.281. The molecule has 190 valence electrons. The minimum atomic E-state index is 0.0312. The molecule has 4 aromatic carbocycles. The Kier molecular flexibility index (Phi) is 5.84. The van der Waals surface area contributed by atoms with E-state index in [-0.39, 0.29) is 16.7 Å². The summed E-state index contributed by atoms with van der Waals surface area (Å²) in [6.45, 7) is 14.1. The summed E-state index contributed by atoms with van der Waals surface area (Å²) in [5, 5.41) is 0. The first-order valence-electron chi connectivity index (χ1n) is 14.0. The average molecular weight is 495 g/mol. The van der Waals surface area contributed by atoms with Crippen LogP contribution >= 0.6 is 0 Å². The first-order chi connectivity index (χ1) is 18.1. The van der Waals surface area contributed by atoms with E-state index in [0.29, 0.717) is 0 Å². The molecule has 0 aliphatic heterocycles. The molecule has 0 atom stereocenters. The smallest absolute Gasteiger partial charge is 0.0317 e. The number of hydrogen-bond acceptors (Lipinski definition) is 0. The third-order valence-electron chi connectivity index (χ3n) is 8.25. The van der Waals surface area contributed by atoms with Crippen molar-refractivity contribution in [2.45, 2.75) is 64.7 Å². The van der Waals surface area contributed by atoms with Crippen molar-refractivity contribution in [3.8, 4) is 33.4 Å². The third-order valence-corrected chi connectivity index (χ3v) is 8.25. The van der Waals surface area contributed by atoms with Gasteiger partial charge in [0.1, 0.15) is 0 Å². The zero-order valence-electron chi connectivity index (χ0n) is 23.6. The molecule has 0 radical (unpaired) electrons. The van der Waals surface area contributed by atoms with Crippen LogP contribution in [0.1, 0.15) is 76.1 Å². The molecule has 2 aliphatic rings. The Bertz CT molecular complexity index is 1460. The van der Waals surface area contributed by atoms with Crippen molar-refractivity contribution in [1.82, 2.24) is 0 Å². The molecule has 6 rings (SSSR count). The van der Waals surface area contributed by atoms with Gasteiger partial charge in [-0.3, -0.25) is 0 Å². The second-order valence-corrected chi connectivity index (χ2v) is 13.0. The van der Waals surface area contributed by atoms with Gasteiger partial charge in [0.05, 0.1) is 0 Å². The normalized spacial score (nSPS) is 14.9. The van der Waals surface area contributed by atoms with E-state index in [0.717, 1.165) is 6.42 Å². The van der Waals surface area contributed by atoms with Crippen molar-refractivity contribution < 1.29 is 0 Å². The van der Waals surface area contributed by atoms with Gasteiger partial charge in [-0.05, 0) is 97.2 Å². The maximum Gasteiger partial charge on any atom is 0.0317 e. The molecule has 0 saturated heterocycles. The van der Waals surface area contributed by atoms with Crippen LogP contribution in [0.2, 0.25) is 0 Å². The van der Waals surface area contributed by atoms with Gasteiger partial charge in [-0.2, -0.15) is 0 Å². The van der Waals surface area contributed by atoms with E-state index in [4.69, 9.17) is 0 Å². The topological polar surface area (TPSA) is 0 Å². The highest BCUT2D eigenvalue weighted by molar-refractivity contribution is 5.88. The van der Waals surface area contributed by atoms with E-state index in [2.05, 4.69) is 145 Å². The van der Waals surface area contributed by atoms with Crippen molar-refractivity contribution in [3.05, 3.63) is 131 Å². The SMILES string of the molecule is CC(C)(C)c1cc2c(cc1-c1ccccc1)C(C1=CC=CC1)c1cc(-c3ccccc3)c(C(C)(C)C)cc1-2. The van der Waals surface area contributed by atoms with Crippen LogP contribution in [0, 0.1) is 0 Å². The lowest BCUT2D eigenvalue weighted by molar-refractivity contribution is 0.591. The Morgan fingerprint density at radius 3 is 1.37 bits per heavy atom. The summed E-state index contributed by atoms with van der Waals surface area (Å²) >= 11 is 0. The molecular weight excluding hydrogens is 456 g/mol. The first-order valence-corrected chi connectivity index (χ1v) is 14.0. The molecule has 0 amide bonds. The molecule has 4 aromatic rings. The lowest BCUT2D eigenvalue weighted by Crippen LogP contribution is -2.14. The molecule has 0 aromatic heterocycles.